The highest BCUT2D eigenvalue weighted by Crippen LogP contribution is 2.45. The van der Waals surface area contributed by atoms with Crippen molar-refractivity contribution in [1.82, 2.24) is 20.1 Å². The van der Waals surface area contributed by atoms with Gasteiger partial charge in [-0.05, 0) is 42.5 Å². The number of amides is 1. The lowest BCUT2D eigenvalue weighted by molar-refractivity contribution is -0.124. The highest BCUT2D eigenvalue weighted by Gasteiger charge is 2.40. The van der Waals surface area contributed by atoms with E-state index in [2.05, 4.69) is 15.0 Å². The number of nitrogens with zero attached hydrogens (tertiary/aromatic N) is 5. The molecule has 1 amide bonds. The zero-order valence-corrected chi connectivity index (χ0v) is 20.0. The summed E-state index contributed by atoms with van der Waals surface area (Å²) < 4.78 is 11.7. The molecule has 3 aromatic heterocycles. The maximum absolute atomic E-state index is 11.8. The quantitative estimate of drug-likeness (QED) is 0.369. The molecular formula is C25H22N6O3S. The lowest BCUT2D eigenvalue weighted by Gasteiger charge is -2.41. The first kappa shape index (κ1) is 21.5. The van der Waals surface area contributed by atoms with Gasteiger partial charge in [0.25, 0.3) is 0 Å². The lowest BCUT2D eigenvalue weighted by Crippen LogP contribution is -2.47. The molecule has 2 aromatic carbocycles. The van der Waals surface area contributed by atoms with Gasteiger partial charge >= 0.3 is 0 Å². The number of aromatic nitrogens is 4. The molecule has 0 unspecified atom stereocenters. The molecule has 35 heavy (non-hydrogen) atoms. The van der Waals surface area contributed by atoms with Crippen LogP contribution in [0.15, 0.2) is 53.2 Å². The number of thiazole rings is 1. The molecule has 0 radical (unpaired) electrons. The number of pyridine rings is 1. The number of anilines is 2. The van der Waals surface area contributed by atoms with Gasteiger partial charge in [-0.15, -0.1) is 0 Å². The first-order valence-electron chi connectivity index (χ1n) is 11.2. The van der Waals surface area contributed by atoms with Crippen LogP contribution in [0.4, 0.5) is 10.9 Å². The van der Waals surface area contributed by atoms with Crippen LogP contribution in [0, 0.1) is 12.8 Å². The minimum Gasteiger partial charge on any atom is -0.495 e. The summed E-state index contributed by atoms with van der Waals surface area (Å²) in [5.41, 5.74) is 7.27. The van der Waals surface area contributed by atoms with Crippen LogP contribution in [0.25, 0.3) is 32.4 Å². The highest BCUT2D eigenvalue weighted by atomic mass is 32.1. The molecule has 2 N–H and O–H groups in total. The molecule has 0 saturated heterocycles. The molecule has 10 heteroatoms. The van der Waals surface area contributed by atoms with E-state index < -0.39 is 0 Å². The fraction of sp³-hybridized carbons (Fsp3) is 0.240. The molecule has 0 spiro atoms. The van der Waals surface area contributed by atoms with Gasteiger partial charge in [-0.2, -0.15) is 4.98 Å². The van der Waals surface area contributed by atoms with Crippen molar-refractivity contribution < 1.29 is 14.1 Å². The van der Waals surface area contributed by atoms with Gasteiger partial charge < -0.3 is 15.0 Å². The summed E-state index contributed by atoms with van der Waals surface area (Å²) in [6.07, 6.45) is 3.08. The average Bonchev–Trinajstić information content (AvgIpc) is 3.46. The molecule has 6 rings (SSSR count). The average molecular weight is 487 g/mol. The normalized spacial score (nSPS) is 17.4. The maximum Gasteiger partial charge on any atom is 0.223 e. The second kappa shape index (κ2) is 8.31. The Hall–Kier alpha value is -4.05. The molecule has 5 aromatic rings. The predicted octanol–water partition coefficient (Wildman–Crippen LogP) is 4.61. The molecule has 9 nitrogen and oxygen atoms in total. The summed E-state index contributed by atoms with van der Waals surface area (Å²) in [6.45, 7) is 1.76. The monoisotopic (exact) mass is 486 g/mol. The van der Waals surface area contributed by atoms with Gasteiger partial charge in [-0.3, -0.25) is 9.69 Å². The van der Waals surface area contributed by atoms with Crippen LogP contribution in [-0.2, 0) is 4.79 Å². The summed E-state index contributed by atoms with van der Waals surface area (Å²) in [5.74, 6) is 2.13. The van der Waals surface area contributed by atoms with Gasteiger partial charge in [-0.25, -0.2) is 9.97 Å². The zero-order chi connectivity index (χ0) is 24.1. The number of nitrogens with two attached hydrogens (primary N) is 1. The van der Waals surface area contributed by atoms with E-state index in [1.807, 2.05) is 42.5 Å². The fourth-order valence-electron chi connectivity index (χ4n) is 4.53. The molecule has 1 aliphatic rings. The van der Waals surface area contributed by atoms with Gasteiger partial charge in [0.1, 0.15) is 11.6 Å². The minimum atomic E-state index is -0.271. The molecule has 0 bridgehead atoms. The number of primary amides is 1. The minimum absolute atomic E-state index is 0.0354. The van der Waals surface area contributed by atoms with E-state index >= 15 is 0 Å². The molecule has 3 heterocycles. The Morgan fingerprint density at radius 2 is 2.06 bits per heavy atom. The van der Waals surface area contributed by atoms with Crippen LogP contribution >= 0.6 is 11.3 Å². The largest absolute Gasteiger partial charge is 0.495 e. The lowest BCUT2D eigenvalue weighted by atomic mass is 9.79. The van der Waals surface area contributed by atoms with E-state index in [4.69, 9.17) is 25.0 Å². The van der Waals surface area contributed by atoms with Crippen molar-refractivity contribution in [2.45, 2.75) is 25.8 Å². The first-order chi connectivity index (χ1) is 17.0. The van der Waals surface area contributed by atoms with E-state index in [1.54, 1.807) is 31.6 Å². The number of hydrogen-bond acceptors (Lipinski definition) is 9. The predicted molar refractivity (Wildman–Crippen MR) is 134 cm³/mol. The van der Waals surface area contributed by atoms with Crippen LogP contribution < -0.4 is 15.4 Å². The van der Waals surface area contributed by atoms with Crippen LogP contribution in [-0.4, -0.2) is 39.2 Å². The van der Waals surface area contributed by atoms with Gasteiger partial charge in [0.2, 0.25) is 17.6 Å². The second-order valence-corrected chi connectivity index (χ2v) is 9.58. The molecule has 176 valence electrons. The third-order valence-electron chi connectivity index (χ3n) is 6.43. The van der Waals surface area contributed by atoms with Gasteiger partial charge in [0, 0.05) is 36.0 Å². The summed E-state index contributed by atoms with van der Waals surface area (Å²) in [5, 5.41) is 6.81. The molecular weight excluding hydrogens is 464 g/mol. The SMILES string of the molecule is COc1cccc2nc(N(c3nccc4ccc(-c5noc(C)n5)cc34)C3CC(C(N)=O)C3)sc12. The highest BCUT2D eigenvalue weighted by molar-refractivity contribution is 7.22. The van der Waals surface area contributed by atoms with Crippen molar-refractivity contribution in [3.63, 3.8) is 0 Å². The number of carbonyl (C=O) groups excluding carboxylic acids is 1. The van der Waals surface area contributed by atoms with Crippen LogP contribution in [0.2, 0.25) is 0 Å². The van der Waals surface area contributed by atoms with E-state index in [0.717, 1.165) is 43.3 Å². The summed E-state index contributed by atoms with van der Waals surface area (Å²) in [6, 6.07) is 13.8. The molecule has 0 atom stereocenters. The van der Waals surface area contributed by atoms with E-state index in [1.165, 1.54) is 0 Å². The Morgan fingerprint density at radius 3 is 2.80 bits per heavy atom. The Morgan fingerprint density at radius 1 is 1.20 bits per heavy atom. The zero-order valence-electron chi connectivity index (χ0n) is 19.1. The van der Waals surface area contributed by atoms with Crippen molar-refractivity contribution >= 4 is 49.2 Å². The number of fused-ring (bicyclic) bond motifs is 2. The molecule has 1 aliphatic carbocycles. The van der Waals surface area contributed by atoms with Gasteiger partial charge in [0.05, 0.1) is 17.3 Å². The third kappa shape index (κ3) is 3.66. The van der Waals surface area contributed by atoms with Crippen molar-refractivity contribution in [3.8, 4) is 17.1 Å². The fourth-order valence-corrected chi connectivity index (χ4v) is 5.66. The number of aryl methyl sites for hydroxylation is 1. The summed E-state index contributed by atoms with van der Waals surface area (Å²) >= 11 is 1.55. The summed E-state index contributed by atoms with van der Waals surface area (Å²) in [4.78, 5) is 28.0. The number of carbonyl (C=O) groups is 1. The van der Waals surface area contributed by atoms with Crippen molar-refractivity contribution in [1.29, 1.82) is 0 Å². The number of methoxy groups -OCH3 is 1. The van der Waals surface area contributed by atoms with Gasteiger partial charge in [-0.1, -0.05) is 34.7 Å². The topological polar surface area (TPSA) is 120 Å². The molecule has 0 aliphatic heterocycles. The third-order valence-corrected chi connectivity index (χ3v) is 7.52. The van der Waals surface area contributed by atoms with Crippen molar-refractivity contribution in [2.24, 2.45) is 11.7 Å². The Kier molecular flexibility index (Phi) is 5.10. The van der Waals surface area contributed by atoms with E-state index in [0.29, 0.717) is 24.6 Å². The Bertz CT molecular complexity index is 1570. The number of benzene rings is 2. The Balaban J connectivity index is 1.52. The number of hydrogen-bond donors (Lipinski definition) is 1. The van der Waals surface area contributed by atoms with E-state index in [-0.39, 0.29) is 17.9 Å². The standard InChI is InChI=1S/C25H22N6O3S/c1-13-28-23(30-34-13)15-7-6-14-8-9-27-24(18(14)12-15)31(17-10-16(11-17)22(26)32)25-29-19-4-3-5-20(33-2)21(19)35-25/h3-9,12,16-17H,10-11H2,1-2H3,(H2,26,32). The van der Waals surface area contributed by atoms with Gasteiger partial charge in [0.15, 0.2) is 5.13 Å². The van der Waals surface area contributed by atoms with Crippen LogP contribution in [0.3, 0.4) is 0 Å². The first-order valence-corrected chi connectivity index (χ1v) is 12.0. The van der Waals surface area contributed by atoms with Crippen molar-refractivity contribution in [3.05, 3.63) is 54.6 Å². The maximum atomic E-state index is 11.8. The molecule has 1 saturated carbocycles. The smallest absolute Gasteiger partial charge is 0.223 e. The molecule has 1 fully saturated rings. The summed E-state index contributed by atoms with van der Waals surface area (Å²) in [7, 11) is 1.66. The van der Waals surface area contributed by atoms with Crippen molar-refractivity contribution in [2.75, 3.05) is 12.0 Å². The Labute approximate surface area is 204 Å². The van der Waals surface area contributed by atoms with Crippen LogP contribution in [0.5, 0.6) is 5.75 Å². The van der Waals surface area contributed by atoms with Crippen LogP contribution in [0.1, 0.15) is 18.7 Å². The second-order valence-electron chi connectivity index (χ2n) is 8.61. The van der Waals surface area contributed by atoms with E-state index in [9.17, 15) is 4.79 Å². The number of rotatable bonds is 6. The number of ether oxygens (including phenoxy) is 1.